The van der Waals surface area contributed by atoms with Gasteiger partial charge in [0.15, 0.2) is 0 Å². The van der Waals surface area contributed by atoms with Crippen LogP contribution in [-0.4, -0.2) is 12.6 Å². The maximum atomic E-state index is 11.8. The third kappa shape index (κ3) is 21.7. The lowest BCUT2D eigenvalue weighted by Gasteiger charge is -2.10. The zero-order valence-electron chi connectivity index (χ0n) is 20.2. The summed E-state index contributed by atoms with van der Waals surface area (Å²) in [5.74, 6) is -0.00977. The van der Waals surface area contributed by atoms with E-state index in [0.717, 1.165) is 25.7 Å². The number of esters is 1. The van der Waals surface area contributed by atoms with E-state index in [4.69, 9.17) is 4.74 Å². The molecule has 0 atom stereocenters. The monoisotopic (exact) mass is 408 g/mol. The minimum atomic E-state index is -0.00977. The summed E-state index contributed by atoms with van der Waals surface area (Å²) < 4.78 is 5.48. The fourth-order valence-corrected chi connectivity index (χ4v) is 3.76. The highest BCUT2D eigenvalue weighted by Gasteiger charge is 2.04. The Balaban J connectivity index is 4.06. The second-order valence-corrected chi connectivity index (χ2v) is 8.72. The summed E-state index contributed by atoms with van der Waals surface area (Å²) in [6.45, 7) is 7.28. The van der Waals surface area contributed by atoms with Crippen LogP contribution in [0.3, 0.4) is 0 Å². The van der Waals surface area contributed by atoms with Gasteiger partial charge in [0.25, 0.3) is 0 Å². The van der Waals surface area contributed by atoms with E-state index in [9.17, 15) is 4.79 Å². The van der Waals surface area contributed by atoms with Crippen LogP contribution in [0.1, 0.15) is 149 Å². The molecule has 0 aliphatic rings. The highest BCUT2D eigenvalue weighted by atomic mass is 16.5. The summed E-state index contributed by atoms with van der Waals surface area (Å²) in [5, 5.41) is 0. The molecule has 0 aromatic heterocycles. The molecule has 0 spiro atoms. The molecule has 29 heavy (non-hydrogen) atoms. The third-order valence-electron chi connectivity index (χ3n) is 5.76. The van der Waals surface area contributed by atoms with Crippen LogP contribution in [0.15, 0.2) is 11.6 Å². The van der Waals surface area contributed by atoms with Crippen LogP contribution >= 0.6 is 0 Å². The molecule has 0 aromatic rings. The van der Waals surface area contributed by atoms with Gasteiger partial charge < -0.3 is 4.74 Å². The lowest BCUT2D eigenvalue weighted by molar-refractivity contribution is -0.143. The molecular formula is C27H52O2. The second kappa shape index (κ2) is 23.5. The zero-order chi connectivity index (χ0) is 21.4. The molecule has 0 aliphatic heterocycles. The number of ether oxygens (including phenoxy) is 1. The Morgan fingerprint density at radius 2 is 1.07 bits per heavy atom. The summed E-state index contributed by atoms with van der Waals surface area (Å²) in [6.07, 6.45) is 27.2. The molecular weight excluding hydrogens is 356 g/mol. The van der Waals surface area contributed by atoms with Crippen LogP contribution in [-0.2, 0) is 9.53 Å². The average Bonchev–Trinajstić information content (AvgIpc) is 2.72. The van der Waals surface area contributed by atoms with E-state index in [1.165, 1.54) is 102 Å². The van der Waals surface area contributed by atoms with E-state index in [0.29, 0.717) is 13.0 Å². The van der Waals surface area contributed by atoms with Gasteiger partial charge in [0, 0.05) is 12.8 Å². The van der Waals surface area contributed by atoms with E-state index < -0.39 is 0 Å². The number of rotatable bonds is 22. The van der Waals surface area contributed by atoms with Gasteiger partial charge in [0.2, 0.25) is 0 Å². The van der Waals surface area contributed by atoms with Gasteiger partial charge in [-0.05, 0) is 32.1 Å². The summed E-state index contributed by atoms with van der Waals surface area (Å²) in [5.41, 5.74) is 1.52. The predicted molar refractivity (Wildman–Crippen MR) is 128 cm³/mol. The Morgan fingerprint density at radius 3 is 1.69 bits per heavy atom. The van der Waals surface area contributed by atoms with Crippen LogP contribution in [0.4, 0.5) is 0 Å². The molecule has 0 rings (SSSR count). The fourth-order valence-electron chi connectivity index (χ4n) is 3.76. The lowest BCUT2D eigenvalue weighted by atomic mass is 10.0. The normalized spacial score (nSPS) is 11.8. The van der Waals surface area contributed by atoms with Crippen molar-refractivity contribution in [2.24, 2.45) is 0 Å². The van der Waals surface area contributed by atoms with Crippen LogP contribution < -0.4 is 0 Å². The second-order valence-electron chi connectivity index (χ2n) is 8.72. The van der Waals surface area contributed by atoms with Gasteiger partial charge in [-0.3, -0.25) is 4.79 Å². The van der Waals surface area contributed by atoms with Gasteiger partial charge in [-0.25, -0.2) is 0 Å². The number of hydrogen-bond donors (Lipinski definition) is 0. The van der Waals surface area contributed by atoms with E-state index in [-0.39, 0.29) is 5.97 Å². The van der Waals surface area contributed by atoms with Crippen molar-refractivity contribution < 1.29 is 9.53 Å². The van der Waals surface area contributed by atoms with Crippen LogP contribution in [0.5, 0.6) is 0 Å². The molecule has 0 unspecified atom stereocenters. The summed E-state index contributed by atoms with van der Waals surface area (Å²) in [4.78, 5) is 11.8. The number of carbonyl (C=O) groups is 1. The molecule has 0 radical (unpaired) electrons. The molecule has 0 saturated carbocycles. The number of unbranched alkanes of at least 4 members (excludes halogenated alkanes) is 14. The molecule has 0 amide bonds. The highest BCUT2D eigenvalue weighted by Crippen LogP contribution is 2.17. The first-order valence-electron chi connectivity index (χ1n) is 13.1. The largest absolute Gasteiger partial charge is 0.465 e. The van der Waals surface area contributed by atoms with Crippen molar-refractivity contribution in [1.29, 1.82) is 0 Å². The molecule has 2 nitrogen and oxygen atoms in total. The first-order valence-corrected chi connectivity index (χ1v) is 13.1. The average molecular weight is 409 g/mol. The topological polar surface area (TPSA) is 26.3 Å². The number of hydrogen-bond acceptors (Lipinski definition) is 2. The van der Waals surface area contributed by atoms with Crippen LogP contribution in [0.2, 0.25) is 0 Å². The lowest BCUT2D eigenvalue weighted by Crippen LogP contribution is -2.06. The molecule has 0 heterocycles. The third-order valence-corrected chi connectivity index (χ3v) is 5.76. The molecule has 0 N–H and O–H groups in total. The standard InChI is InChI=1S/C27H52O2/c1-4-7-10-12-14-15-17-20-22-26(21-19-16-13-11-8-5-2)24-25-29-27(28)23-18-9-6-3/h21H,4-20,22-25H2,1-3H3/b26-21+. The fraction of sp³-hybridized carbons (Fsp3) is 0.889. The summed E-state index contributed by atoms with van der Waals surface area (Å²) in [7, 11) is 0. The smallest absolute Gasteiger partial charge is 0.305 e. The van der Waals surface area contributed by atoms with E-state index >= 15 is 0 Å². The Hall–Kier alpha value is -0.790. The SMILES string of the molecule is CCCCCCC/C=C(\CCCCCCCCCC)CCOC(=O)CCCCC. The van der Waals surface area contributed by atoms with Crippen molar-refractivity contribution in [1.82, 2.24) is 0 Å². The van der Waals surface area contributed by atoms with Gasteiger partial charge in [0.05, 0.1) is 6.61 Å². The van der Waals surface area contributed by atoms with Gasteiger partial charge >= 0.3 is 5.97 Å². The number of allylic oxidation sites excluding steroid dienone is 1. The first kappa shape index (κ1) is 28.2. The molecule has 0 bridgehead atoms. The highest BCUT2D eigenvalue weighted by molar-refractivity contribution is 5.69. The molecule has 0 fully saturated rings. The van der Waals surface area contributed by atoms with Crippen LogP contribution in [0.25, 0.3) is 0 Å². The van der Waals surface area contributed by atoms with Gasteiger partial charge in [-0.1, -0.05) is 116 Å². The van der Waals surface area contributed by atoms with Crippen molar-refractivity contribution in [3.8, 4) is 0 Å². The molecule has 172 valence electrons. The molecule has 0 saturated heterocycles. The van der Waals surface area contributed by atoms with Gasteiger partial charge in [0.1, 0.15) is 0 Å². The minimum Gasteiger partial charge on any atom is -0.465 e. The van der Waals surface area contributed by atoms with Crippen LogP contribution in [0, 0.1) is 0 Å². The van der Waals surface area contributed by atoms with Crippen molar-refractivity contribution >= 4 is 5.97 Å². The first-order chi connectivity index (χ1) is 14.2. The van der Waals surface area contributed by atoms with Gasteiger partial charge in [-0.15, -0.1) is 0 Å². The minimum absolute atomic E-state index is 0.00977. The van der Waals surface area contributed by atoms with Crippen molar-refractivity contribution in [2.45, 2.75) is 149 Å². The predicted octanol–water partition coefficient (Wildman–Crippen LogP) is 9.32. The summed E-state index contributed by atoms with van der Waals surface area (Å²) >= 11 is 0. The maximum absolute atomic E-state index is 11.8. The molecule has 0 aliphatic carbocycles. The van der Waals surface area contributed by atoms with Crippen molar-refractivity contribution in [3.63, 3.8) is 0 Å². The van der Waals surface area contributed by atoms with Crippen molar-refractivity contribution in [3.05, 3.63) is 11.6 Å². The van der Waals surface area contributed by atoms with E-state index in [2.05, 4.69) is 26.8 Å². The number of carbonyl (C=O) groups excluding carboxylic acids is 1. The Labute approximate surface area is 183 Å². The molecule has 2 heteroatoms. The van der Waals surface area contributed by atoms with E-state index in [1.54, 1.807) is 0 Å². The Kier molecular flexibility index (Phi) is 22.8. The summed E-state index contributed by atoms with van der Waals surface area (Å²) in [6, 6.07) is 0. The zero-order valence-corrected chi connectivity index (χ0v) is 20.2. The Bertz CT molecular complexity index is 373. The Morgan fingerprint density at radius 1 is 0.586 bits per heavy atom. The quantitative estimate of drug-likeness (QED) is 0.101. The van der Waals surface area contributed by atoms with Crippen molar-refractivity contribution in [2.75, 3.05) is 6.61 Å². The van der Waals surface area contributed by atoms with Gasteiger partial charge in [-0.2, -0.15) is 0 Å². The molecule has 0 aromatic carbocycles. The maximum Gasteiger partial charge on any atom is 0.305 e. The van der Waals surface area contributed by atoms with E-state index in [1.807, 2.05) is 0 Å².